The largest absolute Gasteiger partial charge is 0.296 e. The molecule has 6 nitrogen and oxygen atoms in total. The molecule has 0 bridgehead atoms. The number of carbonyl (C=O) groups excluding carboxylic acids is 1. The molecule has 27 heavy (non-hydrogen) atoms. The van der Waals surface area contributed by atoms with Crippen molar-refractivity contribution in [1.82, 2.24) is 20.0 Å². The van der Waals surface area contributed by atoms with E-state index >= 15 is 0 Å². The molecule has 0 unspecified atom stereocenters. The Kier molecular flexibility index (Phi) is 4.52. The second-order valence-electron chi connectivity index (χ2n) is 6.13. The zero-order chi connectivity index (χ0) is 18.8. The van der Waals surface area contributed by atoms with Crippen LogP contribution in [0.1, 0.15) is 21.7 Å². The van der Waals surface area contributed by atoms with Gasteiger partial charge in [-0.1, -0.05) is 53.2 Å². The Labute approximate surface area is 160 Å². The Hall–Kier alpha value is -3.32. The number of amides is 1. The quantitative estimate of drug-likeness (QED) is 0.578. The highest BCUT2D eigenvalue weighted by molar-refractivity contribution is 7.14. The van der Waals surface area contributed by atoms with E-state index in [1.54, 1.807) is 4.68 Å². The van der Waals surface area contributed by atoms with E-state index in [1.165, 1.54) is 11.3 Å². The highest BCUT2D eigenvalue weighted by atomic mass is 32.1. The topological polar surface area (TPSA) is 72.7 Å². The molecule has 0 radical (unpaired) electrons. The van der Waals surface area contributed by atoms with Gasteiger partial charge in [0.25, 0.3) is 5.91 Å². The van der Waals surface area contributed by atoms with E-state index < -0.39 is 0 Å². The van der Waals surface area contributed by atoms with Gasteiger partial charge < -0.3 is 0 Å². The number of aromatic nitrogens is 4. The van der Waals surface area contributed by atoms with Gasteiger partial charge in [-0.05, 0) is 26.0 Å². The molecule has 0 fully saturated rings. The van der Waals surface area contributed by atoms with Crippen LogP contribution in [0.3, 0.4) is 0 Å². The molecule has 2 aromatic carbocycles. The van der Waals surface area contributed by atoms with E-state index in [1.807, 2.05) is 73.8 Å². The molecule has 134 valence electrons. The normalized spacial score (nSPS) is 10.7. The summed E-state index contributed by atoms with van der Waals surface area (Å²) in [5.74, 6) is -0.320. The average Bonchev–Trinajstić information content (AvgIpc) is 3.30. The summed E-state index contributed by atoms with van der Waals surface area (Å²) in [6, 6.07) is 17.7. The maximum absolute atomic E-state index is 12.6. The van der Waals surface area contributed by atoms with Crippen LogP contribution in [0, 0.1) is 13.8 Å². The van der Waals surface area contributed by atoms with Gasteiger partial charge in [0.05, 0.1) is 17.1 Å². The molecule has 2 heterocycles. The van der Waals surface area contributed by atoms with Crippen LogP contribution in [0.4, 0.5) is 5.13 Å². The molecular weight excluding hydrogens is 358 g/mol. The van der Waals surface area contributed by atoms with Gasteiger partial charge in [0, 0.05) is 10.9 Å². The predicted octanol–water partition coefficient (Wildman–Crippen LogP) is 4.26. The third kappa shape index (κ3) is 3.50. The van der Waals surface area contributed by atoms with Gasteiger partial charge in [-0.25, -0.2) is 9.67 Å². The first-order valence-corrected chi connectivity index (χ1v) is 9.31. The standard InChI is InChI=1S/C20H17N5OS/c1-13-8-10-16(11-9-13)25-14(2)18(23-24-25)19(26)22-20-21-17(12-27-20)15-6-4-3-5-7-15/h3-12H,1-2H3,(H,21,22,26). The second-order valence-corrected chi connectivity index (χ2v) is 6.99. The van der Waals surface area contributed by atoms with Gasteiger partial charge >= 0.3 is 0 Å². The van der Waals surface area contributed by atoms with Crippen molar-refractivity contribution in [3.05, 3.63) is 76.9 Å². The minimum Gasteiger partial charge on any atom is -0.296 e. The fourth-order valence-corrected chi connectivity index (χ4v) is 3.41. The molecule has 1 amide bonds. The van der Waals surface area contributed by atoms with Crippen molar-refractivity contribution in [2.24, 2.45) is 0 Å². The summed E-state index contributed by atoms with van der Waals surface area (Å²) < 4.78 is 1.66. The first-order valence-electron chi connectivity index (χ1n) is 8.43. The fraction of sp³-hybridized carbons (Fsp3) is 0.100. The SMILES string of the molecule is Cc1ccc(-n2nnc(C(=O)Nc3nc(-c4ccccc4)cs3)c2C)cc1. The molecule has 0 atom stereocenters. The van der Waals surface area contributed by atoms with E-state index in [-0.39, 0.29) is 11.6 Å². The summed E-state index contributed by atoms with van der Waals surface area (Å²) in [7, 11) is 0. The maximum Gasteiger partial charge on any atom is 0.279 e. The van der Waals surface area contributed by atoms with Crippen LogP contribution < -0.4 is 5.32 Å². The van der Waals surface area contributed by atoms with Gasteiger partial charge in [0.15, 0.2) is 10.8 Å². The number of hydrogen-bond acceptors (Lipinski definition) is 5. The fourth-order valence-electron chi connectivity index (χ4n) is 2.70. The van der Waals surface area contributed by atoms with Crippen molar-refractivity contribution < 1.29 is 4.79 Å². The van der Waals surface area contributed by atoms with Crippen molar-refractivity contribution in [2.75, 3.05) is 5.32 Å². The molecule has 0 aliphatic heterocycles. The van der Waals surface area contributed by atoms with Crippen molar-refractivity contribution in [1.29, 1.82) is 0 Å². The van der Waals surface area contributed by atoms with E-state index in [9.17, 15) is 4.79 Å². The molecule has 4 rings (SSSR count). The lowest BCUT2D eigenvalue weighted by Gasteiger charge is -2.04. The number of thiazole rings is 1. The number of anilines is 1. The van der Waals surface area contributed by atoms with Crippen LogP contribution in [-0.2, 0) is 0 Å². The second kappa shape index (κ2) is 7.13. The van der Waals surface area contributed by atoms with E-state index in [4.69, 9.17) is 0 Å². The number of benzene rings is 2. The minimum atomic E-state index is -0.320. The van der Waals surface area contributed by atoms with Gasteiger partial charge in [-0.15, -0.1) is 16.4 Å². The van der Waals surface area contributed by atoms with Crippen molar-refractivity contribution in [3.63, 3.8) is 0 Å². The molecule has 0 saturated carbocycles. The van der Waals surface area contributed by atoms with Crippen LogP contribution in [0.15, 0.2) is 60.0 Å². The first kappa shape index (κ1) is 17.1. The average molecular weight is 375 g/mol. The molecule has 0 spiro atoms. The Bertz CT molecular complexity index is 1080. The van der Waals surface area contributed by atoms with Crippen LogP contribution >= 0.6 is 11.3 Å². The number of nitrogens with zero attached hydrogens (tertiary/aromatic N) is 4. The van der Waals surface area contributed by atoms with Crippen molar-refractivity contribution in [2.45, 2.75) is 13.8 Å². The van der Waals surface area contributed by atoms with Crippen molar-refractivity contribution in [3.8, 4) is 16.9 Å². The third-order valence-corrected chi connectivity index (χ3v) is 4.94. The highest BCUT2D eigenvalue weighted by Gasteiger charge is 2.18. The Morgan fingerprint density at radius 1 is 1.04 bits per heavy atom. The summed E-state index contributed by atoms with van der Waals surface area (Å²) in [6.07, 6.45) is 0. The van der Waals surface area contributed by atoms with Crippen molar-refractivity contribution >= 4 is 22.4 Å². The lowest BCUT2D eigenvalue weighted by atomic mass is 10.2. The van der Waals surface area contributed by atoms with E-state index in [0.717, 1.165) is 22.5 Å². The van der Waals surface area contributed by atoms with Gasteiger partial charge in [0.2, 0.25) is 0 Å². The third-order valence-electron chi connectivity index (χ3n) is 4.18. The molecule has 7 heteroatoms. The Morgan fingerprint density at radius 2 is 1.78 bits per heavy atom. The predicted molar refractivity (Wildman–Crippen MR) is 106 cm³/mol. The summed E-state index contributed by atoms with van der Waals surface area (Å²) in [4.78, 5) is 17.1. The van der Waals surface area contributed by atoms with Gasteiger partial charge in [0.1, 0.15) is 0 Å². The first-order chi connectivity index (χ1) is 13.1. The molecule has 4 aromatic rings. The van der Waals surface area contributed by atoms with Gasteiger partial charge in [-0.2, -0.15) is 0 Å². The molecular formula is C20H17N5OS. The summed E-state index contributed by atoms with van der Waals surface area (Å²) in [5.41, 5.74) is 4.83. The van der Waals surface area contributed by atoms with Crippen LogP contribution in [0.25, 0.3) is 16.9 Å². The number of hydrogen-bond donors (Lipinski definition) is 1. The number of carbonyl (C=O) groups is 1. The molecule has 1 N–H and O–H groups in total. The van der Waals surface area contributed by atoms with Crippen LogP contribution in [0.2, 0.25) is 0 Å². The Morgan fingerprint density at radius 3 is 2.52 bits per heavy atom. The number of aryl methyl sites for hydroxylation is 1. The summed E-state index contributed by atoms with van der Waals surface area (Å²) >= 11 is 1.38. The minimum absolute atomic E-state index is 0.284. The Balaban J connectivity index is 1.54. The maximum atomic E-state index is 12.6. The molecule has 0 aliphatic rings. The lowest BCUT2D eigenvalue weighted by molar-refractivity contribution is 0.102. The lowest BCUT2D eigenvalue weighted by Crippen LogP contribution is -2.14. The highest BCUT2D eigenvalue weighted by Crippen LogP contribution is 2.25. The number of nitrogens with one attached hydrogen (secondary N) is 1. The summed E-state index contributed by atoms with van der Waals surface area (Å²) in [5, 5.41) is 13.4. The smallest absolute Gasteiger partial charge is 0.279 e. The zero-order valence-corrected chi connectivity index (χ0v) is 15.7. The van der Waals surface area contributed by atoms with Gasteiger partial charge in [-0.3, -0.25) is 10.1 Å². The van der Waals surface area contributed by atoms with E-state index in [2.05, 4.69) is 20.6 Å². The monoisotopic (exact) mass is 375 g/mol. The number of rotatable bonds is 4. The van der Waals surface area contributed by atoms with Crippen LogP contribution in [0.5, 0.6) is 0 Å². The van der Waals surface area contributed by atoms with E-state index in [0.29, 0.717) is 10.8 Å². The zero-order valence-electron chi connectivity index (χ0n) is 14.9. The molecule has 0 saturated heterocycles. The van der Waals surface area contributed by atoms with Crippen LogP contribution in [-0.4, -0.2) is 25.9 Å². The molecule has 2 aromatic heterocycles. The summed E-state index contributed by atoms with van der Waals surface area (Å²) in [6.45, 7) is 3.85. The molecule has 0 aliphatic carbocycles.